The summed E-state index contributed by atoms with van der Waals surface area (Å²) in [6.45, 7) is 2.09. The predicted octanol–water partition coefficient (Wildman–Crippen LogP) is 2.84. The summed E-state index contributed by atoms with van der Waals surface area (Å²) in [5, 5.41) is 0. The van der Waals surface area contributed by atoms with E-state index in [-0.39, 0.29) is 6.10 Å². The maximum atomic E-state index is 6.26. The summed E-state index contributed by atoms with van der Waals surface area (Å²) in [5.41, 5.74) is 5.67. The second-order valence-electron chi connectivity index (χ2n) is 6.80. The Morgan fingerprint density at radius 2 is 1.79 bits per heavy atom. The van der Waals surface area contributed by atoms with Gasteiger partial charge in [0, 0.05) is 48.8 Å². The molecule has 0 amide bonds. The normalized spacial score (nSPS) is 16.5. The average Bonchev–Trinajstić information content (AvgIpc) is 3.21. The van der Waals surface area contributed by atoms with Gasteiger partial charge in [-0.2, -0.15) is 0 Å². The van der Waals surface area contributed by atoms with Gasteiger partial charge in [0.05, 0.1) is 36.7 Å². The van der Waals surface area contributed by atoms with Crippen LogP contribution in [0.1, 0.15) is 29.5 Å². The zero-order chi connectivity index (χ0) is 18.8. The third-order valence-electron chi connectivity index (χ3n) is 4.98. The number of ether oxygens (including phenoxy) is 2. The topological polar surface area (TPSA) is 82.4 Å². The number of rotatable bonds is 4. The molecule has 0 atom stereocenters. The van der Waals surface area contributed by atoms with E-state index in [4.69, 9.17) is 14.5 Å². The van der Waals surface area contributed by atoms with Crippen LogP contribution in [0.25, 0.3) is 11.3 Å². The van der Waals surface area contributed by atoms with Crippen LogP contribution in [-0.4, -0.2) is 45.0 Å². The standard InChI is InChI=1S/C21H19N5O2/c1-5-24-18(16-10-22-13-23-11-16)9-14(1)20-19-15(12-26-20)2-6-25-21(19)28-17-3-7-27-8-4-17/h1-2,5-6,9-11,13,17H,3-4,7-8,12H2. The van der Waals surface area contributed by atoms with E-state index in [2.05, 4.69) is 19.9 Å². The van der Waals surface area contributed by atoms with Gasteiger partial charge in [0.25, 0.3) is 0 Å². The fraction of sp³-hybridized carbons (Fsp3) is 0.286. The summed E-state index contributed by atoms with van der Waals surface area (Å²) in [6.07, 6.45) is 10.5. The number of aliphatic imine (C=N–C) groups is 1. The molecule has 0 aromatic carbocycles. The lowest BCUT2D eigenvalue weighted by atomic mass is 10.0. The molecule has 5 rings (SSSR count). The Hall–Kier alpha value is -3.19. The average molecular weight is 373 g/mol. The number of aromatic nitrogens is 4. The fourth-order valence-corrected chi connectivity index (χ4v) is 3.55. The minimum Gasteiger partial charge on any atom is -0.474 e. The van der Waals surface area contributed by atoms with Gasteiger partial charge in [-0.15, -0.1) is 0 Å². The summed E-state index contributed by atoms with van der Waals surface area (Å²) in [5.74, 6) is 0.655. The van der Waals surface area contributed by atoms with Crippen LogP contribution in [-0.2, 0) is 11.3 Å². The van der Waals surface area contributed by atoms with Crippen molar-refractivity contribution in [3.63, 3.8) is 0 Å². The Morgan fingerprint density at radius 1 is 0.964 bits per heavy atom. The number of fused-ring (bicyclic) bond motifs is 1. The number of pyridine rings is 2. The molecule has 0 bridgehead atoms. The first kappa shape index (κ1) is 16.9. The van der Waals surface area contributed by atoms with E-state index >= 15 is 0 Å². The predicted molar refractivity (Wildman–Crippen MR) is 103 cm³/mol. The molecule has 2 aliphatic heterocycles. The van der Waals surface area contributed by atoms with E-state index in [0.29, 0.717) is 12.4 Å². The van der Waals surface area contributed by atoms with Crippen LogP contribution in [0.5, 0.6) is 5.88 Å². The van der Waals surface area contributed by atoms with Gasteiger partial charge in [0.15, 0.2) is 0 Å². The molecular formula is C21H19N5O2. The van der Waals surface area contributed by atoms with Gasteiger partial charge in [-0.1, -0.05) is 0 Å². The molecule has 1 saturated heterocycles. The van der Waals surface area contributed by atoms with Crippen molar-refractivity contribution in [3.8, 4) is 17.1 Å². The largest absolute Gasteiger partial charge is 0.474 e. The highest BCUT2D eigenvalue weighted by Crippen LogP contribution is 2.31. The molecule has 0 saturated carbocycles. The maximum absolute atomic E-state index is 6.26. The van der Waals surface area contributed by atoms with E-state index in [1.54, 1.807) is 24.8 Å². The quantitative estimate of drug-likeness (QED) is 0.699. The Bertz CT molecular complexity index is 1020. The molecule has 0 spiro atoms. The van der Waals surface area contributed by atoms with Crippen LogP contribution in [0.4, 0.5) is 0 Å². The van der Waals surface area contributed by atoms with Crippen molar-refractivity contribution in [2.75, 3.05) is 13.2 Å². The van der Waals surface area contributed by atoms with Crippen molar-refractivity contribution in [1.82, 2.24) is 19.9 Å². The second kappa shape index (κ2) is 7.44. The lowest BCUT2D eigenvalue weighted by molar-refractivity contribution is 0.0236. The first-order valence-electron chi connectivity index (χ1n) is 9.37. The van der Waals surface area contributed by atoms with E-state index in [0.717, 1.165) is 59.7 Å². The van der Waals surface area contributed by atoms with Gasteiger partial charge in [-0.25, -0.2) is 15.0 Å². The molecule has 3 aromatic rings. The molecule has 0 aliphatic carbocycles. The molecule has 7 nitrogen and oxygen atoms in total. The molecule has 0 N–H and O–H groups in total. The number of hydrogen-bond donors (Lipinski definition) is 0. The van der Waals surface area contributed by atoms with Crippen LogP contribution < -0.4 is 4.74 Å². The van der Waals surface area contributed by atoms with E-state index in [1.165, 1.54) is 6.33 Å². The number of nitrogens with zero attached hydrogens (tertiary/aromatic N) is 5. The van der Waals surface area contributed by atoms with Gasteiger partial charge in [-0.05, 0) is 23.8 Å². The molecule has 5 heterocycles. The Balaban J connectivity index is 1.50. The minimum absolute atomic E-state index is 0.129. The highest BCUT2D eigenvalue weighted by Gasteiger charge is 2.26. The van der Waals surface area contributed by atoms with Crippen LogP contribution in [0.2, 0.25) is 0 Å². The van der Waals surface area contributed by atoms with Crippen LogP contribution in [0.15, 0.2) is 54.3 Å². The Kier molecular flexibility index (Phi) is 4.50. The highest BCUT2D eigenvalue weighted by atomic mass is 16.5. The minimum atomic E-state index is 0.129. The molecule has 3 aromatic heterocycles. The van der Waals surface area contributed by atoms with Crippen LogP contribution in [0, 0.1) is 0 Å². The summed E-state index contributed by atoms with van der Waals surface area (Å²) in [7, 11) is 0. The van der Waals surface area contributed by atoms with Crippen molar-refractivity contribution in [2.24, 2.45) is 4.99 Å². The lowest BCUT2D eigenvalue weighted by Crippen LogP contribution is -2.27. The van der Waals surface area contributed by atoms with Crippen molar-refractivity contribution >= 4 is 5.71 Å². The molecule has 1 fully saturated rings. The van der Waals surface area contributed by atoms with Gasteiger partial charge < -0.3 is 9.47 Å². The SMILES string of the molecule is c1ncc(-c2cc(C3=NCc4ccnc(OC5CCOCC5)c43)ccn2)cn1. The number of hydrogen-bond acceptors (Lipinski definition) is 7. The Morgan fingerprint density at radius 3 is 2.64 bits per heavy atom. The van der Waals surface area contributed by atoms with Crippen molar-refractivity contribution < 1.29 is 9.47 Å². The third kappa shape index (κ3) is 3.25. The monoisotopic (exact) mass is 373 g/mol. The molecule has 2 aliphatic rings. The molecule has 7 heteroatoms. The lowest BCUT2D eigenvalue weighted by Gasteiger charge is -2.24. The summed E-state index contributed by atoms with van der Waals surface area (Å²) in [6, 6.07) is 5.99. The molecule has 140 valence electrons. The first-order chi connectivity index (χ1) is 13.9. The van der Waals surface area contributed by atoms with Gasteiger partial charge in [-0.3, -0.25) is 9.98 Å². The van der Waals surface area contributed by atoms with Crippen molar-refractivity contribution in [1.29, 1.82) is 0 Å². The van der Waals surface area contributed by atoms with E-state index < -0.39 is 0 Å². The zero-order valence-electron chi connectivity index (χ0n) is 15.3. The third-order valence-corrected chi connectivity index (χ3v) is 4.98. The van der Waals surface area contributed by atoms with E-state index in [9.17, 15) is 0 Å². The van der Waals surface area contributed by atoms with Crippen molar-refractivity contribution in [3.05, 3.63) is 66.0 Å². The van der Waals surface area contributed by atoms with Gasteiger partial charge >= 0.3 is 0 Å². The molecule has 28 heavy (non-hydrogen) atoms. The highest BCUT2D eigenvalue weighted by molar-refractivity contribution is 6.16. The smallest absolute Gasteiger partial charge is 0.223 e. The summed E-state index contributed by atoms with van der Waals surface area (Å²) in [4.78, 5) is 21.9. The molecule has 0 radical (unpaired) electrons. The first-order valence-corrected chi connectivity index (χ1v) is 9.37. The zero-order valence-corrected chi connectivity index (χ0v) is 15.3. The second-order valence-corrected chi connectivity index (χ2v) is 6.80. The summed E-state index contributed by atoms with van der Waals surface area (Å²) >= 11 is 0. The fourth-order valence-electron chi connectivity index (χ4n) is 3.55. The van der Waals surface area contributed by atoms with Gasteiger partial charge in [0.2, 0.25) is 5.88 Å². The Labute approximate surface area is 162 Å². The summed E-state index contributed by atoms with van der Waals surface area (Å²) < 4.78 is 11.7. The van der Waals surface area contributed by atoms with E-state index in [1.807, 2.05) is 18.2 Å². The van der Waals surface area contributed by atoms with Crippen LogP contribution in [0.3, 0.4) is 0 Å². The maximum Gasteiger partial charge on any atom is 0.223 e. The molecule has 0 unspecified atom stereocenters. The van der Waals surface area contributed by atoms with Gasteiger partial charge in [0.1, 0.15) is 12.4 Å². The van der Waals surface area contributed by atoms with Crippen molar-refractivity contribution in [2.45, 2.75) is 25.5 Å². The molecular weight excluding hydrogens is 354 g/mol. The van der Waals surface area contributed by atoms with Crippen LogP contribution >= 0.6 is 0 Å².